The van der Waals surface area contributed by atoms with E-state index in [1.54, 1.807) is 0 Å². The van der Waals surface area contributed by atoms with E-state index in [-0.39, 0.29) is 0 Å². The summed E-state index contributed by atoms with van der Waals surface area (Å²) in [5, 5.41) is 20.3. The molecule has 1 unspecified atom stereocenters. The van der Waals surface area contributed by atoms with Gasteiger partial charge in [-0.05, 0) is 29.5 Å². The molecule has 2 heterocycles. The molecule has 5 rings (SSSR count). The van der Waals surface area contributed by atoms with Crippen molar-refractivity contribution in [1.29, 1.82) is 0 Å². The Labute approximate surface area is 159 Å². The van der Waals surface area contributed by atoms with E-state index in [9.17, 15) is 5.11 Å². The summed E-state index contributed by atoms with van der Waals surface area (Å²) in [5.74, 6) is 1.51. The lowest BCUT2D eigenvalue weighted by molar-refractivity contribution is 0.0357. The van der Waals surface area contributed by atoms with E-state index in [2.05, 4.69) is 57.6 Å². The topological polar surface area (TPSA) is 54.2 Å². The number of benzene rings is 2. The zero-order valence-corrected chi connectivity index (χ0v) is 15.5. The molecule has 1 fully saturated rings. The quantitative estimate of drug-likeness (QED) is 0.780. The number of anilines is 1. The lowest BCUT2D eigenvalue weighted by atomic mass is 9.99. The van der Waals surface area contributed by atoms with Crippen molar-refractivity contribution in [1.82, 2.24) is 14.8 Å². The van der Waals surface area contributed by atoms with Crippen LogP contribution in [0.3, 0.4) is 0 Å². The van der Waals surface area contributed by atoms with Crippen LogP contribution in [0.15, 0.2) is 54.6 Å². The van der Waals surface area contributed by atoms with Crippen molar-refractivity contribution in [3.63, 3.8) is 0 Å². The Hall–Kier alpha value is -2.66. The standard InChI is InChI=1S/C22H24N4O/c1-25-20(22(27)14-17-10-5-6-11-18(17)15-22)23-24-21(25)26-13-7-12-19(26)16-8-3-2-4-9-16/h2-6,8-11,19,27H,7,12-15H2,1H3. The van der Waals surface area contributed by atoms with Crippen molar-refractivity contribution >= 4 is 5.95 Å². The molecular weight excluding hydrogens is 336 g/mol. The van der Waals surface area contributed by atoms with Gasteiger partial charge in [0.05, 0.1) is 6.04 Å². The molecule has 2 aliphatic rings. The smallest absolute Gasteiger partial charge is 0.227 e. The second-order valence-electron chi connectivity index (χ2n) is 7.80. The number of nitrogens with zero attached hydrogens (tertiary/aromatic N) is 4. The van der Waals surface area contributed by atoms with Gasteiger partial charge in [-0.3, -0.25) is 4.57 Å². The van der Waals surface area contributed by atoms with Gasteiger partial charge in [0.1, 0.15) is 5.60 Å². The normalized spacial score (nSPS) is 20.8. The third-order valence-corrected chi connectivity index (χ3v) is 6.05. The molecule has 1 aliphatic carbocycles. The van der Waals surface area contributed by atoms with Crippen LogP contribution in [0.5, 0.6) is 0 Å². The van der Waals surface area contributed by atoms with Gasteiger partial charge in [0.25, 0.3) is 0 Å². The number of hydrogen-bond donors (Lipinski definition) is 1. The van der Waals surface area contributed by atoms with E-state index in [1.165, 1.54) is 16.7 Å². The molecule has 27 heavy (non-hydrogen) atoms. The molecule has 0 bridgehead atoms. The largest absolute Gasteiger partial charge is 0.381 e. The number of hydrogen-bond acceptors (Lipinski definition) is 4. The van der Waals surface area contributed by atoms with Gasteiger partial charge in [0.2, 0.25) is 5.95 Å². The molecule has 1 saturated heterocycles. The van der Waals surface area contributed by atoms with Gasteiger partial charge in [0.15, 0.2) is 5.82 Å². The first kappa shape index (κ1) is 16.5. The molecule has 0 spiro atoms. The zero-order chi connectivity index (χ0) is 18.4. The molecule has 5 nitrogen and oxygen atoms in total. The third-order valence-electron chi connectivity index (χ3n) is 6.05. The van der Waals surface area contributed by atoms with Crippen molar-refractivity contribution in [2.45, 2.75) is 37.3 Å². The van der Waals surface area contributed by atoms with Crippen molar-refractivity contribution in [3.05, 3.63) is 77.1 Å². The van der Waals surface area contributed by atoms with E-state index in [0.717, 1.165) is 25.3 Å². The van der Waals surface area contributed by atoms with Gasteiger partial charge < -0.3 is 10.0 Å². The van der Waals surface area contributed by atoms with Crippen LogP contribution in [0.1, 0.15) is 41.4 Å². The van der Waals surface area contributed by atoms with E-state index in [4.69, 9.17) is 0 Å². The fourth-order valence-corrected chi connectivity index (χ4v) is 4.76. The highest BCUT2D eigenvalue weighted by molar-refractivity contribution is 5.42. The van der Waals surface area contributed by atoms with E-state index >= 15 is 0 Å². The molecule has 1 atom stereocenters. The van der Waals surface area contributed by atoms with Crippen LogP contribution in [0.2, 0.25) is 0 Å². The lowest BCUT2D eigenvalue weighted by Gasteiger charge is -2.27. The first-order chi connectivity index (χ1) is 13.2. The minimum absolute atomic E-state index is 0.317. The van der Waals surface area contributed by atoms with E-state index in [1.807, 2.05) is 23.7 Å². The predicted octanol–water partition coefficient (Wildman–Crippen LogP) is 3.14. The highest BCUT2D eigenvalue weighted by Crippen LogP contribution is 2.40. The Morgan fingerprint density at radius 3 is 2.33 bits per heavy atom. The number of rotatable bonds is 3. The molecule has 0 radical (unpaired) electrons. The highest BCUT2D eigenvalue weighted by atomic mass is 16.3. The molecule has 0 saturated carbocycles. The summed E-state index contributed by atoms with van der Waals surface area (Å²) in [4.78, 5) is 2.33. The molecule has 1 aromatic heterocycles. The summed E-state index contributed by atoms with van der Waals surface area (Å²) in [5.41, 5.74) is 2.73. The Morgan fingerprint density at radius 1 is 0.963 bits per heavy atom. The molecule has 1 N–H and O–H groups in total. The van der Waals surface area contributed by atoms with Crippen molar-refractivity contribution in [2.75, 3.05) is 11.4 Å². The van der Waals surface area contributed by atoms with Crippen LogP contribution in [-0.4, -0.2) is 26.4 Å². The first-order valence-corrected chi connectivity index (χ1v) is 9.66. The minimum atomic E-state index is -0.981. The summed E-state index contributed by atoms with van der Waals surface area (Å²) in [6.07, 6.45) is 3.44. The fourth-order valence-electron chi connectivity index (χ4n) is 4.76. The van der Waals surface area contributed by atoms with Gasteiger partial charge in [0, 0.05) is 26.4 Å². The van der Waals surface area contributed by atoms with Crippen LogP contribution in [0.25, 0.3) is 0 Å². The van der Waals surface area contributed by atoms with Crippen molar-refractivity contribution in [3.8, 4) is 0 Å². The van der Waals surface area contributed by atoms with Gasteiger partial charge >= 0.3 is 0 Å². The second kappa shape index (κ2) is 6.20. The van der Waals surface area contributed by atoms with Gasteiger partial charge in [-0.15, -0.1) is 10.2 Å². The SMILES string of the molecule is Cn1c(N2CCCC2c2ccccc2)nnc1C1(O)Cc2ccccc2C1. The van der Waals surface area contributed by atoms with Gasteiger partial charge in [-0.25, -0.2) is 0 Å². The molecule has 3 aromatic rings. The third kappa shape index (κ3) is 2.65. The molecule has 5 heteroatoms. The zero-order valence-electron chi connectivity index (χ0n) is 15.5. The summed E-state index contributed by atoms with van der Waals surface area (Å²) in [6.45, 7) is 0.962. The molecule has 138 valence electrons. The summed E-state index contributed by atoms with van der Waals surface area (Å²) in [7, 11) is 1.98. The number of aromatic nitrogens is 3. The summed E-state index contributed by atoms with van der Waals surface area (Å²) < 4.78 is 1.99. The fraction of sp³-hybridized carbons (Fsp3) is 0.364. The van der Waals surface area contributed by atoms with Gasteiger partial charge in [-0.1, -0.05) is 54.6 Å². The van der Waals surface area contributed by atoms with Crippen LogP contribution in [0.4, 0.5) is 5.95 Å². The number of aliphatic hydroxyl groups is 1. The maximum absolute atomic E-state index is 11.4. The van der Waals surface area contributed by atoms with Crippen LogP contribution >= 0.6 is 0 Å². The average molecular weight is 360 g/mol. The Bertz CT molecular complexity index is 940. The minimum Gasteiger partial charge on any atom is -0.381 e. The molecule has 1 aliphatic heterocycles. The Morgan fingerprint density at radius 2 is 1.63 bits per heavy atom. The number of fused-ring (bicyclic) bond motifs is 1. The second-order valence-corrected chi connectivity index (χ2v) is 7.80. The highest BCUT2D eigenvalue weighted by Gasteiger charge is 2.42. The van der Waals surface area contributed by atoms with Crippen LogP contribution < -0.4 is 4.90 Å². The van der Waals surface area contributed by atoms with Gasteiger partial charge in [-0.2, -0.15) is 0 Å². The average Bonchev–Trinajstić information content (AvgIpc) is 3.38. The van der Waals surface area contributed by atoms with E-state index in [0.29, 0.717) is 24.7 Å². The maximum atomic E-state index is 11.4. The summed E-state index contributed by atoms with van der Waals surface area (Å²) >= 11 is 0. The molecular formula is C22H24N4O. The van der Waals surface area contributed by atoms with Crippen molar-refractivity contribution < 1.29 is 5.11 Å². The van der Waals surface area contributed by atoms with Crippen LogP contribution in [-0.2, 0) is 25.5 Å². The Balaban J connectivity index is 1.48. The predicted molar refractivity (Wildman–Crippen MR) is 105 cm³/mol. The van der Waals surface area contributed by atoms with Crippen LogP contribution in [0, 0.1) is 0 Å². The maximum Gasteiger partial charge on any atom is 0.227 e. The lowest BCUT2D eigenvalue weighted by Crippen LogP contribution is -2.31. The molecule has 2 aromatic carbocycles. The monoisotopic (exact) mass is 360 g/mol. The summed E-state index contributed by atoms with van der Waals surface area (Å²) in [6, 6.07) is 19.2. The van der Waals surface area contributed by atoms with E-state index < -0.39 is 5.60 Å². The first-order valence-electron chi connectivity index (χ1n) is 9.66. The molecule has 0 amide bonds. The van der Waals surface area contributed by atoms with Crippen molar-refractivity contribution in [2.24, 2.45) is 7.05 Å². The Kier molecular flexibility index (Phi) is 3.79.